The minimum atomic E-state index is 0.768. The smallest absolute Gasteiger partial charge is 0.0462 e. The minimum Gasteiger partial charge on any atom is -0.399 e. The first-order chi connectivity index (χ1) is 25.6. The van der Waals surface area contributed by atoms with Gasteiger partial charge in [0.15, 0.2) is 0 Å². The number of nitrogens with zero attached hydrogens (tertiary/aromatic N) is 2. The minimum absolute atomic E-state index is 0.768. The molecule has 0 unspecified atom stereocenters. The highest BCUT2D eigenvalue weighted by molar-refractivity contribution is 5.82. The molecule has 8 aromatic rings. The molecule has 0 heterocycles. The summed E-state index contributed by atoms with van der Waals surface area (Å²) in [6, 6.07) is 73.0. The van der Waals surface area contributed by atoms with E-state index >= 15 is 0 Å². The molecule has 0 saturated carbocycles. The SMILES string of the molecule is Cc1ccc(-c2ccc(N(c3ccccc3)c3ccc(-c4ccc(N(c5ccccc5)c5ccc(-c6ccc(N)cc6)cc5)cc4)cc3)cc2)cc1. The van der Waals surface area contributed by atoms with Crippen LogP contribution in [-0.2, 0) is 0 Å². The average molecular weight is 670 g/mol. The molecule has 0 bridgehead atoms. The Labute approximate surface area is 306 Å². The molecular weight excluding hydrogens is 631 g/mol. The molecule has 0 atom stereocenters. The predicted molar refractivity (Wildman–Crippen MR) is 221 cm³/mol. The van der Waals surface area contributed by atoms with Gasteiger partial charge < -0.3 is 15.5 Å². The van der Waals surface area contributed by atoms with Crippen LogP contribution in [0.5, 0.6) is 0 Å². The number of nitrogen functional groups attached to an aromatic ring is 1. The Morgan fingerprint density at radius 1 is 0.269 bits per heavy atom. The summed E-state index contributed by atoms with van der Waals surface area (Å²) in [5.41, 5.74) is 21.6. The van der Waals surface area contributed by atoms with Crippen LogP contribution in [0.1, 0.15) is 5.56 Å². The molecule has 8 aromatic carbocycles. The van der Waals surface area contributed by atoms with Crippen molar-refractivity contribution < 1.29 is 0 Å². The number of hydrogen-bond donors (Lipinski definition) is 1. The monoisotopic (exact) mass is 669 g/mol. The lowest BCUT2D eigenvalue weighted by molar-refractivity contribution is 1.28. The number of para-hydroxylation sites is 2. The predicted octanol–water partition coefficient (Wildman–Crippen LogP) is 13.5. The summed E-state index contributed by atoms with van der Waals surface area (Å²) in [6.45, 7) is 2.12. The number of aryl methyl sites for hydroxylation is 1. The fraction of sp³-hybridized carbons (Fsp3) is 0.0204. The number of hydrogen-bond acceptors (Lipinski definition) is 3. The summed E-state index contributed by atoms with van der Waals surface area (Å²) in [6.07, 6.45) is 0. The van der Waals surface area contributed by atoms with E-state index in [0.29, 0.717) is 0 Å². The fourth-order valence-corrected chi connectivity index (χ4v) is 6.68. The van der Waals surface area contributed by atoms with Crippen LogP contribution in [0.15, 0.2) is 206 Å². The molecule has 8 rings (SSSR count). The first-order valence-corrected chi connectivity index (χ1v) is 17.6. The van der Waals surface area contributed by atoms with Crippen molar-refractivity contribution in [2.75, 3.05) is 15.5 Å². The molecule has 3 heteroatoms. The Bertz CT molecular complexity index is 2180. The van der Waals surface area contributed by atoms with Crippen molar-refractivity contribution in [2.45, 2.75) is 6.92 Å². The lowest BCUT2D eigenvalue weighted by Gasteiger charge is -2.26. The van der Waals surface area contributed by atoms with Crippen molar-refractivity contribution in [2.24, 2.45) is 0 Å². The third kappa shape index (κ3) is 6.94. The van der Waals surface area contributed by atoms with Gasteiger partial charge in [-0.1, -0.05) is 127 Å². The number of nitrogens with two attached hydrogens (primary N) is 1. The van der Waals surface area contributed by atoms with E-state index in [0.717, 1.165) is 62.1 Å². The molecular formula is C49H39N3. The quantitative estimate of drug-likeness (QED) is 0.155. The normalized spacial score (nSPS) is 10.9. The van der Waals surface area contributed by atoms with Gasteiger partial charge in [0.1, 0.15) is 0 Å². The second-order valence-corrected chi connectivity index (χ2v) is 13.0. The summed E-state index contributed by atoms with van der Waals surface area (Å²) in [5, 5.41) is 0. The van der Waals surface area contributed by atoms with Crippen molar-refractivity contribution in [1.82, 2.24) is 0 Å². The van der Waals surface area contributed by atoms with Crippen LogP contribution in [-0.4, -0.2) is 0 Å². The molecule has 0 radical (unpaired) electrons. The molecule has 3 nitrogen and oxygen atoms in total. The van der Waals surface area contributed by atoms with Crippen molar-refractivity contribution >= 4 is 39.8 Å². The molecule has 0 spiro atoms. The third-order valence-corrected chi connectivity index (χ3v) is 9.49. The van der Waals surface area contributed by atoms with Crippen molar-refractivity contribution in [3.05, 3.63) is 212 Å². The van der Waals surface area contributed by atoms with Crippen LogP contribution in [0, 0.1) is 6.92 Å². The summed E-state index contributed by atoms with van der Waals surface area (Å²) in [5.74, 6) is 0. The van der Waals surface area contributed by atoms with Gasteiger partial charge in [0.05, 0.1) is 0 Å². The fourth-order valence-electron chi connectivity index (χ4n) is 6.68. The first kappa shape index (κ1) is 32.4. The molecule has 52 heavy (non-hydrogen) atoms. The summed E-state index contributed by atoms with van der Waals surface area (Å²) in [4.78, 5) is 4.60. The van der Waals surface area contributed by atoms with Crippen LogP contribution >= 0.6 is 0 Å². The number of anilines is 7. The first-order valence-electron chi connectivity index (χ1n) is 17.6. The zero-order valence-corrected chi connectivity index (χ0v) is 29.1. The second kappa shape index (κ2) is 14.6. The Kier molecular flexibility index (Phi) is 9.06. The standard InChI is InChI=1S/C49H39N3/c1-36-12-14-37(15-13-36)39-18-28-46(29-19-39)51(44-8-4-2-5-9-44)48-32-22-41(23-33-48)42-24-34-49(35-25-42)52(45-10-6-3-7-11-45)47-30-20-40(21-31-47)38-16-26-43(50)27-17-38/h2-35H,50H2,1H3. The maximum absolute atomic E-state index is 5.92. The lowest BCUT2D eigenvalue weighted by Crippen LogP contribution is -2.10. The van der Waals surface area contributed by atoms with Crippen LogP contribution in [0.25, 0.3) is 33.4 Å². The highest BCUT2D eigenvalue weighted by Crippen LogP contribution is 2.39. The molecule has 0 amide bonds. The van der Waals surface area contributed by atoms with E-state index in [9.17, 15) is 0 Å². The van der Waals surface area contributed by atoms with E-state index in [1.54, 1.807) is 0 Å². The van der Waals surface area contributed by atoms with E-state index in [2.05, 4.69) is 211 Å². The van der Waals surface area contributed by atoms with Gasteiger partial charge in [0.25, 0.3) is 0 Å². The van der Waals surface area contributed by atoms with E-state index < -0.39 is 0 Å². The molecule has 0 aliphatic heterocycles. The van der Waals surface area contributed by atoms with E-state index in [1.807, 2.05) is 12.1 Å². The van der Waals surface area contributed by atoms with Crippen LogP contribution in [0.3, 0.4) is 0 Å². The average Bonchev–Trinajstić information content (AvgIpc) is 3.21. The Balaban J connectivity index is 1.07. The third-order valence-electron chi connectivity index (χ3n) is 9.49. The van der Waals surface area contributed by atoms with Crippen molar-refractivity contribution in [3.8, 4) is 33.4 Å². The zero-order valence-electron chi connectivity index (χ0n) is 29.1. The Morgan fingerprint density at radius 3 is 0.788 bits per heavy atom. The molecule has 0 aliphatic carbocycles. The van der Waals surface area contributed by atoms with E-state index in [-0.39, 0.29) is 0 Å². The highest BCUT2D eigenvalue weighted by atomic mass is 15.1. The van der Waals surface area contributed by atoms with Gasteiger partial charge in [-0.3, -0.25) is 0 Å². The van der Waals surface area contributed by atoms with Crippen LogP contribution in [0.4, 0.5) is 39.8 Å². The summed E-state index contributed by atoms with van der Waals surface area (Å²) in [7, 11) is 0. The maximum Gasteiger partial charge on any atom is 0.0462 e. The highest BCUT2D eigenvalue weighted by Gasteiger charge is 2.15. The molecule has 0 aliphatic rings. The maximum atomic E-state index is 5.92. The van der Waals surface area contributed by atoms with Gasteiger partial charge in [-0.05, 0) is 125 Å². The summed E-state index contributed by atoms with van der Waals surface area (Å²) >= 11 is 0. The van der Waals surface area contributed by atoms with Crippen molar-refractivity contribution in [1.29, 1.82) is 0 Å². The zero-order chi connectivity index (χ0) is 35.3. The summed E-state index contributed by atoms with van der Waals surface area (Å²) < 4.78 is 0. The van der Waals surface area contributed by atoms with Gasteiger partial charge in [-0.15, -0.1) is 0 Å². The Hall–Kier alpha value is -6.84. The lowest BCUT2D eigenvalue weighted by atomic mass is 10.0. The van der Waals surface area contributed by atoms with Gasteiger partial charge >= 0.3 is 0 Å². The van der Waals surface area contributed by atoms with Gasteiger partial charge in [0, 0.05) is 39.8 Å². The van der Waals surface area contributed by atoms with Gasteiger partial charge in [-0.25, -0.2) is 0 Å². The molecule has 0 aromatic heterocycles. The second-order valence-electron chi connectivity index (χ2n) is 13.0. The molecule has 0 fully saturated rings. The van der Waals surface area contributed by atoms with E-state index in [4.69, 9.17) is 5.73 Å². The van der Waals surface area contributed by atoms with Gasteiger partial charge in [0.2, 0.25) is 0 Å². The molecule has 2 N–H and O–H groups in total. The van der Waals surface area contributed by atoms with Crippen LogP contribution in [0.2, 0.25) is 0 Å². The van der Waals surface area contributed by atoms with Crippen molar-refractivity contribution in [3.63, 3.8) is 0 Å². The Morgan fingerprint density at radius 2 is 0.500 bits per heavy atom. The van der Waals surface area contributed by atoms with Gasteiger partial charge in [-0.2, -0.15) is 0 Å². The molecule has 250 valence electrons. The largest absolute Gasteiger partial charge is 0.399 e. The van der Waals surface area contributed by atoms with E-state index in [1.165, 1.54) is 16.7 Å². The topological polar surface area (TPSA) is 32.5 Å². The molecule has 0 saturated heterocycles. The number of rotatable bonds is 9. The number of benzene rings is 8. The van der Waals surface area contributed by atoms with Crippen LogP contribution < -0.4 is 15.5 Å².